The third kappa shape index (κ3) is 2.53. The molecule has 2 rings (SSSR count). The van der Waals surface area contributed by atoms with Crippen molar-refractivity contribution in [3.63, 3.8) is 0 Å². The molecule has 2 atom stereocenters. The van der Waals surface area contributed by atoms with Crippen LogP contribution >= 0.6 is 15.9 Å². The summed E-state index contributed by atoms with van der Waals surface area (Å²) in [5.41, 5.74) is 6.62. The zero-order valence-electron chi connectivity index (χ0n) is 10.6. The summed E-state index contributed by atoms with van der Waals surface area (Å²) < 4.78 is 19.6. The van der Waals surface area contributed by atoms with Gasteiger partial charge in [0.25, 0.3) is 0 Å². The SMILES string of the molecule is COc1c(Br)cc(F)cc1C1CC(CN)CN1C. The van der Waals surface area contributed by atoms with E-state index in [2.05, 4.69) is 20.8 Å². The lowest BCUT2D eigenvalue weighted by atomic mass is 9.99. The summed E-state index contributed by atoms with van der Waals surface area (Å²) in [7, 11) is 3.65. The normalized spacial score (nSPS) is 24.5. The summed E-state index contributed by atoms with van der Waals surface area (Å²) in [4.78, 5) is 2.21. The van der Waals surface area contributed by atoms with E-state index in [0.717, 1.165) is 18.5 Å². The number of hydrogen-bond donors (Lipinski definition) is 1. The van der Waals surface area contributed by atoms with Crippen LogP contribution in [0.5, 0.6) is 5.75 Å². The van der Waals surface area contributed by atoms with E-state index in [1.165, 1.54) is 6.07 Å². The van der Waals surface area contributed by atoms with Crippen LogP contribution in [0.4, 0.5) is 4.39 Å². The Morgan fingerprint density at radius 3 is 2.83 bits per heavy atom. The molecule has 2 unspecified atom stereocenters. The van der Waals surface area contributed by atoms with Crippen molar-refractivity contribution in [2.45, 2.75) is 12.5 Å². The van der Waals surface area contributed by atoms with Gasteiger partial charge in [0, 0.05) is 18.2 Å². The monoisotopic (exact) mass is 316 g/mol. The number of nitrogens with two attached hydrogens (primary N) is 1. The van der Waals surface area contributed by atoms with Gasteiger partial charge in [-0.05, 0) is 54.0 Å². The number of methoxy groups -OCH3 is 1. The molecule has 0 amide bonds. The fraction of sp³-hybridized carbons (Fsp3) is 0.538. The fourth-order valence-electron chi connectivity index (χ4n) is 2.68. The highest BCUT2D eigenvalue weighted by atomic mass is 79.9. The van der Waals surface area contributed by atoms with Crippen LogP contribution in [0.25, 0.3) is 0 Å². The maximum absolute atomic E-state index is 13.6. The summed E-state index contributed by atoms with van der Waals surface area (Å²) in [5, 5.41) is 0. The Hall–Kier alpha value is -0.650. The predicted octanol–water partition coefficient (Wildman–Crippen LogP) is 2.55. The molecule has 100 valence electrons. The highest BCUT2D eigenvalue weighted by molar-refractivity contribution is 9.10. The molecule has 0 spiro atoms. The number of halogens is 2. The van der Waals surface area contributed by atoms with Crippen molar-refractivity contribution < 1.29 is 9.13 Å². The first kappa shape index (κ1) is 13.8. The number of likely N-dealkylation sites (tertiary alicyclic amines) is 1. The maximum atomic E-state index is 13.6. The van der Waals surface area contributed by atoms with E-state index in [9.17, 15) is 4.39 Å². The molecule has 1 aromatic carbocycles. The van der Waals surface area contributed by atoms with Gasteiger partial charge in [-0.2, -0.15) is 0 Å². The summed E-state index contributed by atoms with van der Waals surface area (Å²) in [6.07, 6.45) is 0.944. The molecule has 3 nitrogen and oxygen atoms in total. The van der Waals surface area contributed by atoms with Gasteiger partial charge in [0.15, 0.2) is 0 Å². The van der Waals surface area contributed by atoms with Crippen LogP contribution in [-0.2, 0) is 0 Å². The summed E-state index contributed by atoms with van der Waals surface area (Å²) in [5.74, 6) is 0.931. The lowest BCUT2D eigenvalue weighted by molar-refractivity contribution is 0.301. The molecule has 0 radical (unpaired) electrons. The lowest BCUT2D eigenvalue weighted by Crippen LogP contribution is -2.21. The van der Waals surface area contributed by atoms with Crippen molar-refractivity contribution in [2.75, 3.05) is 27.2 Å². The van der Waals surface area contributed by atoms with Gasteiger partial charge in [0.2, 0.25) is 0 Å². The topological polar surface area (TPSA) is 38.5 Å². The van der Waals surface area contributed by atoms with Crippen molar-refractivity contribution >= 4 is 15.9 Å². The number of benzene rings is 1. The van der Waals surface area contributed by atoms with E-state index in [1.807, 2.05) is 7.05 Å². The minimum atomic E-state index is -0.248. The summed E-state index contributed by atoms with van der Waals surface area (Å²) in [6, 6.07) is 3.15. The third-order valence-corrected chi connectivity index (χ3v) is 4.16. The number of rotatable bonds is 3. The van der Waals surface area contributed by atoms with Gasteiger partial charge >= 0.3 is 0 Å². The molecule has 0 aromatic heterocycles. The van der Waals surface area contributed by atoms with E-state index in [1.54, 1.807) is 13.2 Å². The molecular formula is C13H18BrFN2O. The largest absolute Gasteiger partial charge is 0.495 e. The van der Waals surface area contributed by atoms with Crippen molar-refractivity contribution in [2.24, 2.45) is 11.7 Å². The molecule has 1 aromatic rings. The van der Waals surface area contributed by atoms with Crippen LogP contribution in [0.2, 0.25) is 0 Å². The minimum Gasteiger partial charge on any atom is -0.495 e. The Morgan fingerprint density at radius 1 is 1.56 bits per heavy atom. The molecule has 2 N–H and O–H groups in total. The predicted molar refractivity (Wildman–Crippen MR) is 73.2 cm³/mol. The van der Waals surface area contributed by atoms with Gasteiger partial charge in [-0.1, -0.05) is 0 Å². The second kappa shape index (κ2) is 5.55. The Balaban J connectivity index is 2.38. The van der Waals surface area contributed by atoms with Crippen molar-refractivity contribution in [1.82, 2.24) is 4.90 Å². The van der Waals surface area contributed by atoms with E-state index >= 15 is 0 Å². The smallest absolute Gasteiger partial charge is 0.138 e. The fourth-order valence-corrected chi connectivity index (χ4v) is 3.29. The molecule has 1 aliphatic heterocycles. The first-order valence-electron chi connectivity index (χ1n) is 6.00. The van der Waals surface area contributed by atoms with Gasteiger partial charge < -0.3 is 10.5 Å². The quantitative estimate of drug-likeness (QED) is 0.931. The van der Waals surface area contributed by atoms with Crippen molar-refractivity contribution in [3.8, 4) is 5.75 Å². The standard InChI is InChI=1S/C13H18BrFN2O/c1-17-7-8(6-16)3-12(17)10-4-9(15)5-11(14)13(10)18-2/h4-5,8,12H,3,6-7,16H2,1-2H3. The molecule has 5 heteroatoms. The average Bonchev–Trinajstić information content (AvgIpc) is 2.69. The second-order valence-corrected chi connectivity index (χ2v) is 5.66. The average molecular weight is 317 g/mol. The van der Waals surface area contributed by atoms with Crippen LogP contribution < -0.4 is 10.5 Å². The second-order valence-electron chi connectivity index (χ2n) is 4.80. The number of nitrogens with zero attached hydrogens (tertiary/aromatic N) is 1. The zero-order valence-corrected chi connectivity index (χ0v) is 12.2. The van der Waals surface area contributed by atoms with Crippen LogP contribution in [0.3, 0.4) is 0 Å². The molecule has 0 aliphatic carbocycles. The van der Waals surface area contributed by atoms with Gasteiger partial charge in [0.05, 0.1) is 11.6 Å². The lowest BCUT2D eigenvalue weighted by Gasteiger charge is -2.22. The van der Waals surface area contributed by atoms with E-state index < -0.39 is 0 Å². The maximum Gasteiger partial charge on any atom is 0.138 e. The molecule has 1 aliphatic rings. The highest BCUT2D eigenvalue weighted by Gasteiger charge is 2.32. The minimum absolute atomic E-state index is 0.167. The van der Waals surface area contributed by atoms with E-state index in [-0.39, 0.29) is 11.9 Å². The summed E-state index contributed by atoms with van der Waals surface area (Å²) >= 11 is 3.35. The van der Waals surface area contributed by atoms with E-state index in [4.69, 9.17) is 10.5 Å². The molecular weight excluding hydrogens is 299 g/mol. The molecule has 0 bridgehead atoms. The van der Waals surface area contributed by atoms with Crippen LogP contribution in [-0.4, -0.2) is 32.1 Å². The Morgan fingerprint density at radius 2 is 2.28 bits per heavy atom. The molecule has 18 heavy (non-hydrogen) atoms. The van der Waals surface area contributed by atoms with E-state index in [0.29, 0.717) is 22.7 Å². The molecule has 0 saturated carbocycles. The van der Waals surface area contributed by atoms with Gasteiger partial charge in [-0.15, -0.1) is 0 Å². The molecule has 1 saturated heterocycles. The van der Waals surface area contributed by atoms with Crippen molar-refractivity contribution in [3.05, 3.63) is 28.0 Å². The van der Waals surface area contributed by atoms with Crippen LogP contribution in [0.1, 0.15) is 18.0 Å². The Bertz CT molecular complexity index is 441. The molecule has 1 heterocycles. The van der Waals surface area contributed by atoms with Crippen LogP contribution in [0.15, 0.2) is 16.6 Å². The zero-order chi connectivity index (χ0) is 13.3. The van der Waals surface area contributed by atoms with Crippen molar-refractivity contribution in [1.29, 1.82) is 0 Å². The molecule has 1 fully saturated rings. The van der Waals surface area contributed by atoms with Gasteiger partial charge in [-0.25, -0.2) is 4.39 Å². The number of hydrogen-bond acceptors (Lipinski definition) is 3. The summed E-state index contributed by atoms with van der Waals surface area (Å²) in [6.45, 7) is 1.61. The highest BCUT2D eigenvalue weighted by Crippen LogP contribution is 2.41. The number of ether oxygens (including phenoxy) is 1. The van der Waals surface area contributed by atoms with Gasteiger partial charge in [0.1, 0.15) is 11.6 Å². The van der Waals surface area contributed by atoms with Crippen LogP contribution in [0, 0.1) is 11.7 Å². The van der Waals surface area contributed by atoms with Gasteiger partial charge in [-0.3, -0.25) is 4.90 Å². The Kier molecular flexibility index (Phi) is 4.25. The first-order valence-corrected chi connectivity index (χ1v) is 6.79. The first-order chi connectivity index (χ1) is 8.56. The Labute approximate surface area is 115 Å². The third-order valence-electron chi connectivity index (χ3n) is 3.57.